The Morgan fingerprint density at radius 1 is 1.21 bits per heavy atom. The van der Waals surface area contributed by atoms with Crippen molar-refractivity contribution in [2.45, 2.75) is 46.4 Å². The average molecular weight is 370 g/mol. The van der Waals surface area contributed by atoms with Gasteiger partial charge in [0.15, 0.2) is 0 Å². The third-order valence-electron chi connectivity index (χ3n) is 3.68. The van der Waals surface area contributed by atoms with Gasteiger partial charge in [-0.25, -0.2) is 4.68 Å². The zero-order valence-corrected chi connectivity index (χ0v) is 16.0. The summed E-state index contributed by atoms with van der Waals surface area (Å²) in [5, 5.41) is 9.38. The minimum absolute atomic E-state index is 0.285. The van der Waals surface area contributed by atoms with Crippen LogP contribution in [0, 0.1) is 6.92 Å². The van der Waals surface area contributed by atoms with Crippen LogP contribution >= 0.6 is 23.2 Å². The van der Waals surface area contributed by atoms with Crippen LogP contribution in [-0.2, 0) is 17.8 Å². The third kappa shape index (κ3) is 5.78. The lowest BCUT2D eigenvalue weighted by Crippen LogP contribution is -2.17. The van der Waals surface area contributed by atoms with Gasteiger partial charge in [0, 0.05) is 23.7 Å². The summed E-state index contributed by atoms with van der Waals surface area (Å²) in [5.41, 5.74) is 3.13. The first-order valence-corrected chi connectivity index (χ1v) is 9.01. The maximum Gasteiger partial charge on any atom is 0.132 e. The molecule has 24 heavy (non-hydrogen) atoms. The topological polar surface area (TPSA) is 39.1 Å². The van der Waals surface area contributed by atoms with Crippen molar-refractivity contribution in [3.63, 3.8) is 0 Å². The fourth-order valence-corrected chi connectivity index (χ4v) is 2.82. The van der Waals surface area contributed by atoms with Crippen molar-refractivity contribution in [1.29, 1.82) is 0 Å². The summed E-state index contributed by atoms with van der Waals surface area (Å²) in [6.45, 7) is 9.10. The van der Waals surface area contributed by atoms with Gasteiger partial charge in [0.1, 0.15) is 5.15 Å². The number of rotatable bonds is 9. The molecule has 1 aromatic heterocycles. The Morgan fingerprint density at radius 3 is 2.58 bits per heavy atom. The second-order valence-corrected chi connectivity index (χ2v) is 6.88. The van der Waals surface area contributed by atoms with Gasteiger partial charge >= 0.3 is 0 Å². The molecule has 0 bridgehead atoms. The molecule has 0 aliphatic heterocycles. The van der Waals surface area contributed by atoms with Crippen molar-refractivity contribution in [1.82, 2.24) is 15.1 Å². The molecule has 0 amide bonds. The van der Waals surface area contributed by atoms with Crippen molar-refractivity contribution in [2.75, 3.05) is 13.2 Å². The fourth-order valence-electron chi connectivity index (χ4n) is 2.39. The van der Waals surface area contributed by atoms with Crippen LogP contribution in [0.3, 0.4) is 0 Å². The molecule has 0 saturated carbocycles. The summed E-state index contributed by atoms with van der Waals surface area (Å²) < 4.78 is 7.36. The number of nitrogens with zero attached hydrogens (tertiary/aromatic N) is 2. The number of nitrogens with one attached hydrogen (secondary N) is 1. The van der Waals surface area contributed by atoms with Gasteiger partial charge < -0.3 is 10.1 Å². The molecule has 132 valence electrons. The van der Waals surface area contributed by atoms with E-state index in [2.05, 4.69) is 10.4 Å². The predicted octanol–water partition coefficient (Wildman–Crippen LogP) is 4.45. The lowest BCUT2D eigenvalue weighted by molar-refractivity contribution is 0.0770. The molecule has 0 aliphatic rings. The number of aryl methyl sites for hydroxylation is 1. The summed E-state index contributed by atoms with van der Waals surface area (Å²) >= 11 is 12.4. The number of ether oxygens (including phenoxy) is 1. The maximum atomic E-state index is 6.50. The first kappa shape index (κ1) is 19.3. The van der Waals surface area contributed by atoms with E-state index in [1.807, 2.05) is 49.7 Å². The highest BCUT2D eigenvalue weighted by molar-refractivity contribution is 6.30. The van der Waals surface area contributed by atoms with Crippen molar-refractivity contribution in [3.05, 3.63) is 51.3 Å². The van der Waals surface area contributed by atoms with E-state index in [1.165, 1.54) is 0 Å². The van der Waals surface area contributed by atoms with E-state index < -0.39 is 0 Å². The fraction of sp³-hybridized carbons (Fsp3) is 0.500. The molecule has 0 spiro atoms. The molecule has 0 fully saturated rings. The molecule has 0 atom stereocenters. The van der Waals surface area contributed by atoms with Gasteiger partial charge in [-0.15, -0.1) is 0 Å². The van der Waals surface area contributed by atoms with Gasteiger partial charge in [0.05, 0.1) is 18.3 Å². The smallest absolute Gasteiger partial charge is 0.132 e. The predicted molar refractivity (Wildman–Crippen MR) is 99.9 cm³/mol. The average Bonchev–Trinajstić information content (AvgIpc) is 2.79. The lowest BCUT2D eigenvalue weighted by atomic mass is 10.2. The standard InChI is InChI=1S/C18H25Cl2N3O/c1-13(2)24-10-4-9-21-11-17-14(3)22-23(18(17)20)12-15-5-7-16(19)8-6-15/h5-8,13,21H,4,9-12H2,1-3H3. The Morgan fingerprint density at radius 2 is 1.92 bits per heavy atom. The molecule has 6 heteroatoms. The molecule has 1 aromatic carbocycles. The second-order valence-electron chi connectivity index (χ2n) is 6.09. The SMILES string of the molecule is Cc1nn(Cc2ccc(Cl)cc2)c(Cl)c1CNCCCOC(C)C. The minimum atomic E-state index is 0.285. The Labute approximate surface area is 154 Å². The Bertz CT molecular complexity index is 638. The summed E-state index contributed by atoms with van der Waals surface area (Å²) in [6.07, 6.45) is 1.26. The molecule has 2 rings (SSSR count). The highest BCUT2D eigenvalue weighted by atomic mass is 35.5. The normalized spacial score (nSPS) is 11.4. The minimum Gasteiger partial charge on any atom is -0.379 e. The van der Waals surface area contributed by atoms with Gasteiger partial charge in [-0.1, -0.05) is 35.3 Å². The van der Waals surface area contributed by atoms with Crippen molar-refractivity contribution in [2.24, 2.45) is 0 Å². The van der Waals surface area contributed by atoms with Crippen LogP contribution in [0.15, 0.2) is 24.3 Å². The van der Waals surface area contributed by atoms with Crippen molar-refractivity contribution < 1.29 is 4.74 Å². The van der Waals surface area contributed by atoms with Gasteiger partial charge in [-0.3, -0.25) is 0 Å². The molecule has 4 nitrogen and oxygen atoms in total. The van der Waals surface area contributed by atoms with Gasteiger partial charge in [-0.2, -0.15) is 5.10 Å². The zero-order chi connectivity index (χ0) is 17.5. The van der Waals surface area contributed by atoms with Crippen LogP contribution in [-0.4, -0.2) is 29.0 Å². The van der Waals surface area contributed by atoms with E-state index in [9.17, 15) is 0 Å². The Kier molecular flexibility index (Phi) is 7.56. The molecule has 0 aliphatic carbocycles. The Balaban J connectivity index is 1.88. The highest BCUT2D eigenvalue weighted by Gasteiger charge is 2.13. The highest BCUT2D eigenvalue weighted by Crippen LogP contribution is 2.21. The molecule has 1 heterocycles. The van der Waals surface area contributed by atoms with E-state index >= 15 is 0 Å². The number of hydrogen-bond acceptors (Lipinski definition) is 3. The van der Waals surface area contributed by atoms with Crippen LogP contribution in [0.25, 0.3) is 0 Å². The monoisotopic (exact) mass is 369 g/mol. The summed E-state index contributed by atoms with van der Waals surface area (Å²) in [5.74, 6) is 0. The van der Waals surface area contributed by atoms with Crippen LogP contribution in [0.1, 0.15) is 37.1 Å². The van der Waals surface area contributed by atoms with E-state index in [-0.39, 0.29) is 6.10 Å². The van der Waals surface area contributed by atoms with Crippen molar-refractivity contribution >= 4 is 23.2 Å². The first-order chi connectivity index (χ1) is 11.5. The first-order valence-electron chi connectivity index (χ1n) is 8.26. The maximum absolute atomic E-state index is 6.50. The molecular weight excluding hydrogens is 345 g/mol. The Hall–Kier alpha value is -1.07. The van der Waals surface area contributed by atoms with E-state index in [0.29, 0.717) is 18.2 Å². The molecule has 1 N–H and O–H groups in total. The summed E-state index contributed by atoms with van der Waals surface area (Å²) in [6, 6.07) is 7.73. The van der Waals surface area contributed by atoms with Crippen LogP contribution < -0.4 is 5.32 Å². The molecular formula is C18H25Cl2N3O. The van der Waals surface area contributed by atoms with Gasteiger partial charge in [0.25, 0.3) is 0 Å². The summed E-state index contributed by atoms with van der Waals surface area (Å²) in [7, 11) is 0. The molecule has 0 saturated heterocycles. The number of benzene rings is 1. The zero-order valence-electron chi connectivity index (χ0n) is 14.5. The second kappa shape index (κ2) is 9.42. The van der Waals surface area contributed by atoms with Crippen LogP contribution in [0.4, 0.5) is 0 Å². The van der Waals surface area contributed by atoms with E-state index in [4.69, 9.17) is 27.9 Å². The third-order valence-corrected chi connectivity index (χ3v) is 4.35. The van der Waals surface area contributed by atoms with E-state index in [1.54, 1.807) is 0 Å². The molecule has 2 aromatic rings. The van der Waals surface area contributed by atoms with Crippen molar-refractivity contribution in [3.8, 4) is 0 Å². The van der Waals surface area contributed by atoms with E-state index in [0.717, 1.165) is 41.4 Å². The molecule has 0 radical (unpaired) electrons. The summed E-state index contributed by atoms with van der Waals surface area (Å²) in [4.78, 5) is 0. The van der Waals surface area contributed by atoms with Crippen LogP contribution in [0.5, 0.6) is 0 Å². The number of aromatic nitrogens is 2. The van der Waals surface area contributed by atoms with Gasteiger partial charge in [0.2, 0.25) is 0 Å². The molecule has 0 unspecified atom stereocenters. The largest absolute Gasteiger partial charge is 0.379 e. The number of hydrogen-bond donors (Lipinski definition) is 1. The number of halogens is 2. The van der Waals surface area contributed by atoms with Gasteiger partial charge in [-0.05, 0) is 51.4 Å². The van der Waals surface area contributed by atoms with Crippen LogP contribution in [0.2, 0.25) is 10.2 Å². The lowest BCUT2D eigenvalue weighted by Gasteiger charge is -2.08. The quantitative estimate of drug-likeness (QED) is 0.663.